The van der Waals surface area contributed by atoms with Crippen molar-refractivity contribution in [1.82, 2.24) is 0 Å². The molecule has 0 atom stereocenters. The molecular weight excluding hydrogens is 216 g/mol. The van der Waals surface area contributed by atoms with Crippen LogP contribution in [-0.2, 0) is 15.5 Å². The number of hydrogen-bond donors (Lipinski definition) is 1. The molecule has 1 heterocycles. The zero-order valence-electron chi connectivity index (χ0n) is 10.1. The smallest absolute Gasteiger partial charge is 0.0466 e. The van der Waals surface area contributed by atoms with Gasteiger partial charge >= 0.3 is 0 Å². The molecule has 1 saturated heterocycles. The van der Waals surface area contributed by atoms with E-state index in [1.807, 2.05) is 0 Å². The first-order valence-electron chi connectivity index (χ1n) is 5.08. The number of aliphatic hydroxyl groups excluding tert-OH is 1. The second-order valence-corrected chi connectivity index (χ2v) is 4.62. The Labute approximate surface area is 95.8 Å². The van der Waals surface area contributed by atoms with Crippen LogP contribution in [0.4, 0.5) is 0 Å². The third-order valence-corrected chi connectivity index (χ3v) is 1.34. The quantitative estimate of drug-likeness (QED) is 0.776. The van der Waals surface area contributed by atoms with Crippen LogP contribution in [0.3, 0.4) is 0 Å². The SMILES string of the molecule is C1CCOC1.CCCCO.CS(C)=O.O. The van der Waals surface area contributed by atoms with Gasteiger partial charge in [0.1, 0.15) is 0 Å². The fraction of sp³-hybridized carbons (Fsp3) is 1.00. The fourth-order valence-electron chi connectivity index (χ4n) is 0.668. The van der Waals surface area contributed by atoms with Crippen molar-refractivity contribution < 1.29 is 19.5 Å². The predicted molar refractivity (Wildman–Crippen MR) is 65.7 cm³/mol. The van der Waals surface area contributed by atoms with Gasteiger partial charge in [0.25, 0.3) is 0 Å². The summed E-state index contributed by atoms with van der Waals surface area (Å²) in [6.45, 7) is 4.40. The summed E-state index contributed by atoms with van der Waals surface area (Å²) >= 11 is 0. The van der Waals surface area contributed by atoms with Gasteiger partial charge < -0.3 is 15.3 Å². The number of unbranched alkanes of at least 4 members (excludes halogenated alkanes) is 1. The van der Waals surface area contributed by atoms with Crippen LogP contribution in [-0.4, -0.2) is 47.1 Å². The highest BCUT2D eigenvalue weighted by Crippen LogP contribution is 1.98. The molecule has 0 aliphatic carbocycles. The Balaban J connectivity index is -0.000000141. The molecule has 4 nitrogen and oxygen atoms in total. The Morgan fingerprint density at radius 1 is 1.27 bits per heavy atom. The Bertz CT molecular complexity index is 102. The summed E-state index contributed by atoms with van der Waals surface area (Å²) in [6, 6.07) is 0. The fourth-order valence-corrected chi connectivity index (χ4v) is 0.668. The first-order valence-corrected chi connectivity index (χ1v) is 7.05. The first kappa shape index (κ1) is 20.4. The molecular formula is C10H26O4S. The van der Waals surface area contributed by atoms with Crippen LogP contribution in [0, 0.1) is 0 Å². The van der Waals surface area contributed by atoms with Crippen molar-refractivity contribution in [3.63, 3.8) is 0 Å². The Morgan fingerprint density at radius 2 is 1.67 bits per heavy atom. The molecule has 0 unspecified atom stereocenters. The lowest BCUT2D eigenvalue weighted by Crippen LogP contribution is -1.75. The van der Waals surface area contributed by atoms with E-state index >= 15 is 0 Å². The van der Waals surface area contributed by atoms with E-state index in [0.29, 0.717) is 6.61 Å². The van der Waals surface area contributed by atoms with Gasteiger partial charge in [0.05, 0.1) is 0 Å². The van der Waals surface area contributed by atoms with E-state index in [1.165, 1.54) is 12.8 Å². The lowest BCUT2D eigenvalue weighted by Gasteiger charge is -1.79. The zero-order chi connectivity index (χ0) is 11.2. The topological polar surface area (TPSA) is 78.0 Å². The zero-order valence-corrected chi connectivity index (χ0v) is 10.9. The van der Waals surface area contributed by atoms with E-state index in [0.717, 1.165) is 26.1 Å². The van der Waals surface area contributed by atoms with Gasteiger partial charge in [-0.15, -0.1) is 0 Å². The summed E-state index contributed by atoms with van der Waals surface area (Å²) in [7, 11) is -0.611. The highest BCUT2D eigenvalue weighted by atomic mass is 32.2. The predicted octanol–water partition coefficient (Wildman–Crippen LogP) is 0.746. The van der Waals surface area contributed by atoms with Crippen LogP contribution < -0.4 is 0 Å². The Kier molecular flexibility index (Phi) is 26.7. The van der Waals surface area contributed by atoms with E-state index in [1.54, 1.807) is 12.5 Å². The lowest BCUT2D eigenvalue weighted by atomic mass is 10.4. The van der Waals surface area contributed by atoms with E-state index in [4.69, 9.17) is 9.84 Å². The van der Waals surface area contributed by atoms with Gasteiger partial charge in [-0.05, 0) is 19.3 Å². The molecule has 0 bridgehead atoms. The first-order chi connectivity index (χ1) is 6.65. The molecule has 15 heavy (non-hydrogen) atoms. The van der Waals surface area contributed by atoms with Crippen molar-refractivity contribution in [2.45, 2.75) is 32.6 Å². The van der Waals surface area contributed by atoms with Crippen LogP contribution in [0.15, 0.2) is 0 Å². The summed E-state index contributed by atoms with van der Waals surface area (Å²) in [6.07, 6.45) is 7.87. The highest BCUT2D eigenvalue weighted by molar-refractivity contribution is 7.83. The van der Waals surface area contributed by atoms with Gasteiger partial charge in [-0.1, -0.05) is 13.3 Å². The minimum Gasteiger partial charge on any atom is -0.412 e. The maximum Gasteiger partial charge on any atom is 0.0466 e. The van der Waals surface area contributed by atoms with Crippen molar-refractivity contribution in [1.29, 1.82) is 0 Å². The maximum absolute atomic E-state index is 9.56. The van der Waals surface area contributed by atoms with Gasteiger partial charge in [0.15, 0.2) is 0 Å². The highest BCUT2D eigenvalue weighted by Gasteiger charge is 1.94. The number of hydrogen-bond acceptors (Lipinski definition) is 3. The number of aliphatic hydroxyl groups is 1. The van der Waals surface area contributed by atoms with E-state index in [2.05, 4.69) is 6.92 Å². The lowest BCUT2D eigenvalue weighted by molar-refractivity contribution is 0.198. The third kappa shape index (κ3) is 41.1. The molecule has 0 aromatic heterocycles. The van der Waals surface area contributed by atoms with Crippen molar-refractivity contribution in [3.05, 3.63) is 0 Å². The average Bonchev–Trinajstić information content (AvgIpc) is 2.61. The normalized spacial score (nSPS) is 13.1. The van der Waals surface area contributed by atoms with E-state index < -0.39 is 10.8 Å². The second-order valence-electron chi connectivity index (χ2n) is 3.14. The van der Waals surface area contributed by atoms with Crippen LogP contribution in [0.2, 0.25) is 0 Å². The van der Waals surface area contributed by atoms with Crippen molar-refractivity contribution >= 4 is 10.8 Å². The third-order valence-electron chi connectivity index (χ3n) is 1.34. The standard InChI is InChI=1S/C4H8O.C4H10O.C2H6OS.H2O/c1-2-4-5-3-1;1-2-3-4-5;1-4(2)3;/h1-4H2;5H,2-4H2,1H3;1-2H3;1H2. The second kappa shape index (κ2) is 19.6. The summed E-state index contributed by atoms with van der Waals surface area (Å²) in [4.78, 5) is 0. The van der Waals surface area contributed by atoms with Crippen LogP contribution in [0.1, 0.15) is 32.6 Å². The molecule has 1 rings (SSSR count). The van der Waals surface area contributed by atoms with Gasteiger partial charge in [0.2, 0.25) is 0 Å². The van der Waals surface area contributed by atoms with Crippen LogP contribution in [0.25, 0.3) is 0 Å². The Morgan fingerprint density at radius 3 is 1.73 bits per heavy atom. The van der Waals surface area contributed by atoms with Gasteiger partial charge in [0, 0.05) is 43.1 Å². The van der Waals surface area contributed by atoms with Gasteiger partial charge in [-0.3, -0.25) is 4.21 Å². The largest absolute Gasteiger partial charge is 0.412 e. The van der Waals surface area contributed by atoms with Crippen molar-refractivity contribution in [3.8, 4) is 0 Å². The summed E-state index contributed by atoms with van der Waals surface area (Å²) in [5, 5.41) is 8.07. The summed E-state index contributed by atoms with van der Waals surface area (Å²) in [5.41, 5.74) is 0. The monoisotopic (exact) mass is 242 g/mol. The molecule has 0 aromatic rings. The molecule has 1 aliphatic rings. The molecule has 0 amide bonds. The molecule has 0 saturated carbocycles. The number of rotatable bonds is 2. The molecule has 5 heteroatoms. The summed E-state index contributed by atoms with van der Waals surface area (Å²) in [5.74, 6) is 0. The van der Waals surface area contributed by atoms with E-state index in [9.17, 15) is 4.21 Å². The average molecular weight is 242 g/mol. The molecule has 3 N–H and O–H groups in total. The molecule has 1 aliphatic heterocycles. The van der Waals surface area contributed by atoms with Crippen molar-refractivity contribution in [2.24, 2.45) is 0 Å². The van der Waals surface area contributed by atoms with E-state index in [-0.39, 0.29) is 5.48 Å². The van der Waals surface area contributed by atoms with Crippen LogP contribution >= 0.6 is 0 Å². The van der Waals surface area contributed by atoms with Crippen LogP contribution in [0.5, 0.6) is 0 Å². The maximum atomic E-state index is 9.56. The molecule has 0 spiro atoms. The molecule has 96 valence electrons. The van der Waals surface area contributed by atoms with Gasteiger partial charge in [-0.25, -0.2) is 0 Å². The minimum atomic E-state index is -0.611. The minimum absolute atomic E-state index is 0. The Hall–Kier alpha value is 0.0300. The molecule has 1 fully saturated rings. The summed E-state index contributed by atoms with van der Waals surface area (Å²) < 4.78 is 14.5. The number of ether oxygens (including phenoxy) is 1. The molecule has 0 aromatic carbocycles. The molecule has 0 radical (unpaired) electrons. The van der Waals surface area contributed by atoms with Gasteiger partial charge in [-0.2, -0.15) is 0 Å². The van der Waals surface area contributed by atoms with Crippen molar-refractivity contribution in [2.75, 3.05) is 32.3 Å².